The Morgan fingerprint density at radius 3 is 2.54 bits per heavy atom. The number of benzene rings is 1. The maximum absolute atomic E-state index is 4.63. The van der Waals surface area contributed by atoms with Crippen LogP contribution < -0.4 is 15.5 Å². The molecule has 1 aromatic heterocycles. The first-order valence-electron chi connectivity index (χ1n) is 10.1. The number of nitrogens with one attached hydrogen (secondary N) is 2. The first-order chi connectivity index (χ1) is 13.7. The van der Waals surface area contributed by atoms with Gasteiger partial charge in [0.1, 0.15) is 18.7 Å². The molecule has 0 amide bonds. The molecule has 2 N–H and O–H groups in total. The zero-order chi connectivity index (χ0) is 19.8. The van der Waals surface area contributed by atoms with E-state index in [1.165, 1.54) is 5.69 Å². The molecule has 2 aromatic rings. The van der Waals surface area contributed by atoms with Crippen LogP contribution >= 0.6 is 0 Å². The van der Waals surface area contributed by atoms with E-state index in [-0.39, 0.29) is 0 Å². The Morgan fingerprint density at radius 1 is 1.14 bits per heavy atom. The van der Waals surface area contributed by atoms with Gasteiger partial charge in [-0.1, -0.05) is 18.2 Å². The molecule has 28 heavy (non-hydrogen) atoms. The van der Waals surface area contributed by atoms with Crippen molar-refractivity contribution in [3.05, 3.63) is 42.5 Å². The van der Waals surface area contributed by atoms with Gasteiger partial charge >= 0.3 is 0 Å². The van der Waals surface area contributed by atoms with Crippen LogP contribution in [0.3, 0.4) is 0 Å². The van der Waals surface area contributed by atoms with Crippen LogP contribution in [-0.4, -0.2) is 70.9 Å². The van der Waals surface area contributed by atoms with Crippen LogP contribution in [0.1, 0.15) is 19.7 Å². The molecule has 1 atom stereocenters. The van der Waals surface area contributed by atoms with Crippen LogP contribution in [0.4, 0.5) is 5.69 Å². The van der Waals surface area contributed by atoms with E-state index in [9.17, 15) is 0 Å². The summed E-state index contributed by atoms with van der Waals surface area (Å²) in [5.74, 6) is 1.67. The van der Waals surface area contributed by atoms with E-state index in [0.717, 1.165) is 51.1 Å². The Morgan fingerprint density at radius 2 is 1.89 bits per heavy atom. The van der Waals surface area contributed by atoms with Gasteiger partial charge in [-0.25, -0.2) is 9.98 Å². The standard InChI is InChI=1S/C20H32N8/c1-4-21-20(23-15-19-24-16-25-26(19)3)22-14-17(2)27-10-12-28(13-11-27)18-8-6-5-7-9-18/h5-9,16-17H,4,10-15H2,1-3H3,(H2,21,22,23). The predicted octanol–water partition coefficient (Wildman–Crippen LogP) is 1.08. The minimum Gasteiger partial charge on any atom is -0.369 e. The Hall–Kier alpha value is -2.61. The van der Waals surface area contributed by atoms with Crippen molar-refractivity contribution < 1.29 is 0 Å². The molecule has 8 nitrogen and oxygen atoms in total. The zero-order valence-corrected chi connectivity index (χ0v) is 17.2. The molecule has 1 saturated heterocycles. The normalized spacial score (nSPS) is 16.8. The molecule has 0 spiro atoms. The summed E-state index contributed by atoms with van der Waals surface area (Å²) in [5, 5.41) is 10.9. The van der Waals surface area contributed by atoms with Crippen LogP contribution in [-0.2, 0) is 13.6 Å². The molecule has 0 saturated carbocycles. The summed E-state index contributed by atoms with van der Waals surface area (Å²) in [5.41, 5.74) is 1.32. The van der Waals surface area contributed by atoms with Crippen molar-refractivity contribution in [3.63, 3.8) is 0 Å². The van der Waals surface area contributed by atoms with Gasteiger partial charge in [-0.2, -0.15) is 5.10 Å². The minimum absolute atomic E-state index is 0.441. The number of rotatable bonds is 7. The number of nitrogens with zero attached hydrogens (tertiary/aromatic N) is 6. The maximum Gasteiger partial charge on any atom is 0.191 e. The third-order valence-electron chi connectivity index (χ3n) is 5.15. The molecule has 2 heterocycles. The lowest BCUT2D eigenvalue weighted by Crippen LogP contribution is -2.53. The number of para-hydroxylation sites is 1. The monoisotopic (exact) mass is 384 g/mol. The van der Waals surface area contributed by atoms with E-state index in [1.54, 1.807) is 11.0 Å². The maximum atomic E-state index is 4.63. The van der Waals surface area contributed by atoms with E-state index in [4.69, 9.17) is 0 Å². The van der Waals surface area contributed by atoms with Crippen molar-refractivity contribution in [2.24, 2.45) is 12.0 Å². The molecule has 3 rings (SSSR count). The number of aliphatic imine (C=N–C) groups is 1. The Kier molecular flexibility index (Phi) is 7.25. The van der Waals surface area contributed by atoms with Crippen molar-refractivity contribution in [1.82, 2.24) is 30.3 Å². The number of anilines is 1. The van der Waals surface area contributed by atoms with Crippen molar-refractivity contribution in [2.75, 3.05) is 44.2 Å². The fourth-order valence-electron chi connectivity index (χ4n) is 3.39. The quantitative estimate of drug-likeness (QED) is 0.550. The average molecular weight is 385 g/mol. The van der Waals surface area contributed by atoms with Crippen LogP contribution in [0.25, 0.3) is 0 Å². The zero-order valence-electron chi connectivity index (χ0n) is 17.2. The second-order valence-corrected chi connectivity index (χ2v) is 7.08. The SMILES string of the molecule is CCNC(=NCc1ncnn1C)NCC(C)N1CCN(c2ccccc2)CC1. The lowest BCUT2D eigenvalue weighted by Gasteiger charge is -2.39. The van der Waals surface area contributed by atoms with E-state index in [1.807, 2.05) is 7.05 Å². The largest absolute Gasteiger partial charge is 0.369 e. The molecule has 1 aliphatic heterocycles. The fraction of sp³-hybridized carbons (Fsp3) is 0.550. The molecule has 1 unspecified atom stereocenters. The number of hydrogen-bond donors (Lipinski definition) is 2. The van der Waals surface area contributed by atoms with Crippen LogP contribution in [0.2, 0.25) is 0 Å². The molecule has 8 heteroatoms. The van der Waals surface area contributed by atoms with Gasteiger partial charge in [0.2, 0.25) is 0 Å². The van der Waals surface area contributed by atoms with Gasteiger partial charge in [-0.15, -0.1) is 0 Å². The minimum atomic E-state index is 0.441. The number of aromatic nitrogens is 3. The van der Waals surface area contributed by atoms with E-state index in [2.05, 4.69) is 79.7 Å². The van der Waals surface area contributed by atoms with Gasteiger partial charge in [0.05, 0.1) is 0 Å². The Bertz CT molecular complexity index is 734. The molecular formula is C20H32N8. The van der Waals surface area contributed by atoms with Crippen LogP contribution in [0, 0.1) is 0 Å². The summed E-state index contributed by atoms with van der Waals surface area (Å²) in [6.07, 6.45) is 1.56. The van der Waals surface area contributed by atoms with Gasteiger partial charge in [0.15, 0.2) is 5.96 Å². The van der Waals surface area contributed by atoms with Crippen LogP contribution in [0.15, 0.2) is 41.7 Å². The number of hydrogen-bond acceptors (Lipinski definition) is 5. The summed E-state index contributed by atoms with van der Waals surface area (Å²) < 4.78 is 1.75. The predicted molar refractivity (Wildman–Crippen MR) is 114 cm³/mol. The molecule has 1 fully saturated rings. The highest BCUT2D eigenvalue weighted by molar-refractivity contribution is 5.79. The lowest BCUT2D eigenvalue weighted by atomic mass is 10.2. The highest BCUT2D eigenvalue weighted by Crippen LogP contribution is 2.16. The fourth-order valence-corrected chi connectivity index (χ4v) is 3.39. The van der Waals surface area contributed by atoms with Gasteiger partial charge in [0, 0.05) is 58.0 Å². The topological polar surface area (TPSA) is 73.6 Å². The van der Waals surface area contributed by atoms with Crippen LogP contribution in [0.5, 0.6) is 0 Å². The van der Waals surface area contributed by atoms with Gasteiger partial charge in [-0.3, -0.25) is 9.58 Å². The first kappa shape index (κ1) is 20.1. The molecule has 0 bridgehead atoms. The summed E-state index contributed by atoms with van der Waals surface area (Å²) in [7, 11) is 1.88. The Balaban J connectivity index is 1.47. The average Bonchev–Trinajstić information content (AvgIpc) is 3.15. The van der Waals surface area contributed by atoms with E-state index in [0.29, 0.717) is 12.6 Å². The molecule has 0 radical (unpaired) electrons. The highest BCUT2D eigenvalue weighted by atomic mass is 15.3. The summed E-state index contributed by atoms with van der Waals surface area (Å²) in [6.45, 7) is 10.8. The second-order valence-electron chi connectivity index (χ2n) is 7.08. The third-order valence-corrected chi connectivity index (χ3v) is 5.15. The van der Waals surface area contributed by atoms with Crippen molar-refractivity contribution in [2.45, 2.75) is 26.4 Å². The third kappa shape index (κ3) is 5.45. The van der Waals surface area contributed by atoms with Crippen molar-refractivity contribution in [3.8, 4) is 0 Å². The molecule has 1 aromatic carbocycles. The molecule has 0 aliphatic carbocycles. The van der Waals surface area contributed by atoms with Gasteiger partial charge in [-0.05, 0) is 26.0 Å². The second kappa shape index (κ2) is 10.1. The van der Waals surface area contributed by atoms with Gasteiger partial charge in [0.25, 0.3) is 0 Å². The summed E-state index contributed by atoms with van der Waals surface area (Å²) in [4.78, 5) is 13.9. The smallest absolute Gasteiger partial charge is 0.191 e. The van der Waals surface area contributed by atoms with E-state index >= 15 is 0 Å². The van der Waals surface area contributed by atoms with Crippen molar-refractivity contribution in [1.29, 1.82) is 0 Å². The van der Waals surface area contributed by atoms with Crippen molar-refractivity contribution >= 4 is 11.6 Å². The van der Waals surface area contributed by atoms with E-state index < -0.39 is 0 Å². The number of piperazine rings is 1. The first-order valence-corrected chi connectivity index (χ1v) is 10.1. The number of aryl methyl sites for hydroxylation is 1. The summed E-state index contributed by atoms with van der Waals surface area (Å²) in [6, 6.07) is 11.1. The lowest BCUT2D eigenvalue weighted by molar-refractivity contribution is 0.197. The molecule has 1 aliphatic rings. The van der Waals surface area contributed by atoms with Gasteiger partial charge < -0.3 is 15.5 Å². The molecular weight excluding hydrogens is 352 g/mol. The summed E-state index contributed by atoms with van der Waals surface area (Å²) >= 11 is 0. The number of guanidine groups is 1. The highest BCUT2D eigenvalue weighted by Gasteiger charge is 2.21. The Labute approximate surface area is 167 Å². The molecule has 152 valence electrons.